The summed E-state index contributed by atoms with van der Waals surface area (Å²) in [4.78, 5) is 15.9. The Morgan fingerprint density at radius 3 is 2.26 bits per heavy atom. The normalized spacial score (nSPS) is 13.4. The molecule has 1 amide bonds. The maximum absolute atomic E-state index is 14.3. The third-order valence-corrected chi connectivity index (χ3v) is 5.63. The first kappa shape index (κ1) is 26.2. The van der Waals surface area contributed by atoms with E-state index in [0.717, 1.165) is 24.4 Å². The van der Waals surface area contributed by atoms with Crippen LogP contribution in [0.5, 0.6) is 0 Å². The Bertz CT molecular complexity index is 1180. The van der Waals surface area contributed by atoms with Crippen molar-refractivity contribution in [3.05, 3.63) is 100 Å². The molecule has 2 atom stereocenters. The maximum atomic E-state index is 14.3. The van der Waals surface area contributed by atoms with Gasteiger partial charge in [-0.25, -0.2) is 13.2 Å². The lowest BCUT2D eigenvalue weighted by molar-refractivity contribution is -0.141. The molecule has 0 aliphatic heterocycles. The Balaban J connectivity index is 1.88. The number of hydrogen-bond donors (Lipinski definition) is 2. The van der Waals surface area contributed by atoms with Gasteiger partial charge in [-0.15, -0.1) is 0 Å². The molecule has 3 rings (SSSR count). The second-order valence-corrected chi connectivity index (χ2v) is 7.99. The Labute approximate surface area is 198 Å². The van der Waals surface area contributed by atoms with E-state index in [-0.39, 0.29) is 18.5 Å². The molecule has 0 aliphatic rings. The van der Waals surface area contributed by atoms with Gasteiger partial charge in [-0.3, -0.25) is 9.78 Å². The second-order valence-electron chi connectivity index (χ2n) is 7.99. The highest BCUT2D eigenvalue weighted by Gasteiger charge is 2.32. The standard InChI is InChI=1S/C25H23F6N3O/c1-14-11-15(3-7-20(14)27)18(16-4-8-22(34-13-16)25(29,30)31)9-10-33-23(24(35)32-2)19-6-5-17(26)12-21(19)28/h3-8,11-13,18,23,33H,9-10H2,1-2H3,(H,32,35)/t18-,23+/m1/s1. The first-order valence-corrected chi connectivity index (χ1v) is 10.7. The zero-order chi connectivity index (χ0) is 25.8. The third kappa shape index (κ3) is 6.39. The number of carbonyl (C=O) groups excluding carboxylic acids is 1. The van der Waals surface area contributed by atoms with Gasteiger partial charge in [-0.05, 0) is 54.8 Å². The Hall–Kier alpha value is -3.40. The van der Waals surface area contributed by atoms with Crippen LogP contribution in [0.1, 0.15) is 46.3 Å². The Morgan fingerprint density at radius 2 is 1.69 bits per heavy atom. The van der Waals surface area contributed by atoms with Gasteiger partial charge >= 0.3 is 6.18 Å². The van der Waals surface area contributed by atoms with E-state index in [1.807, 2.05) is 0 Å². The van der Waals surface area contributed by atoms with Gasteiger partial charge in [-0.1, -0.05) is 24.3 Å². The average molecular weight is 495 g/mol. The van der Waals surface area contributed by atoms with Gasteiger partial charge in [0, 0.05) is 30.8 Å². The highest BCUT2D eigenvalue weighted by molar-refractivity contribution is 5.83. The largest absolute Gasteiger partial charge is 0.433 e. The molecule has 1 heterocycles. The number of likely N-dealkylation sites (N-methyl/N-ethyl adjacent to an activating group) is 1. The zero-order valence-electron chi connectivity index (χ0n) is 18.9. The SMILES string of the molecule is CNC(=O)[C@@H](NCC[C@@H](c1ccc(C(F)(F)F)nc1)c1ccc(F)c(C)c1)c1ccc(F)cc1F. The molecule has 1 aromatic heterocycles. The minimum absolute atomic E-state index is 0.0591. The van der Waals surface area contributed by atoms with Crippen LogP contribution in [0.4, 0.5) is 26.3 Å². The van der Waals surface area contributed by atoms with Crippen LogP contribution < -0.4 is 10.6 Å². The molecule has 35 heavy (non-hydrogen) atoms. The van der Waals surface area contributed by atoms with E-state index in [2.05, 4.69) is 15.6 Å². The van der Waals surface area contributed by atoms with Crippen LogP contribution in [0.25, 0.3) is 0 Å². The summed E-state index contributed by atoms with van der Waals surface area (Å²) in [6.45, 7) is 1.69. The summed E-state index contributed by atoms with van der Waals surface area (Å²) in [6.07, 6.45) is -3.22. The lowest BCUT2D eigenvalue weighted by Gasteiger charge is -2.22. The van der Waals surface area contributed by atoms with E-state index in [4.69, 9.17) is 0 Å². The van der Waals surface area contributed by atoms with Gasteiger partial charge in [-0.2, -0.15) is 13.2 Å². The quantitative estimate of drug-likeness (QED) is 0.410. The van der Waals surface area contributed by atoms with Gasteiger partial charge in [0.25, 0.3) is 0 Å². The van der Waals surface area contributed by atoms with E-state index in [1.165, 1.54) is 25.2 Å². The van der Waals surface area contributed by atoms with Gasteiger partial charge < -0.3 is 10.6 Å². The van der Waals surface area contributed by atoms with Crippen molar-refractivity contribution in [1.82, 2.24) is 15.6 Å². The lowest BCUT2D eigenvalue weighted by atomic mass is 9.88. The smallest absolute Gasteiger partial charge is 0.358 e. The van der Waals surface area contributed by atoms with E-state index >= 15 is 0 Å². The predicted octanol–water partition coefficient (Wildman–Crippen LogP) is 5.43. The van der Waals surface area contributed by atoms with Gasteiger partial charge in [0.2, 0.25) is 5.91 Å². The summed E-state index contributed by atoms with van der Waals surface area (Å²) >= 11 is 0. The van der Waals surface area contributed by atoms with Crippen molar-refractivity contribution in [2.24, 2.45) is 0 Å². The molecule has 0 saturated heterocycles. The Kier molecular flexibility index (Phi) is 8.16. The fourth-order valence-electron chi connectivity index (χ4n) is 3.79. The first-order chi connectivity index (χ1) is 16.5. The van der Waals surface area contributed by atoms with Gasteiger partial charge in [0.05, 0.1) is 0 Å². The number of pyridine rings is 1. The summed E-state index contributed by atoms with van der Waals surface area (Å²) in [6, 6.07) is 8.29. The molecular formula is C25H23F6N3O. The fourth-order valence-corrected chi connectivity index (χ4v) is 3.79. The van der Waals surface area contributed by atoms with Crippen LogP contribution in [0, 0.1) is 24.4 Å². The van der Waals surface area contributed by atoms with Crippen molar-refractivity contribution in [2.75, 3.05) is 13.6 Å². The number of aryl methyl sites for hydroxylation is 1. The molecule has 186 valence electrons. The number of nitrogens with zero attached hydrogens (tertiary/aromatic N) is 1. The number of amides is 1. The van der Waals surface area contributed by atoms with Crippen molar-refractivity contribution < 1.29 is 31.1 Å². The molecule has 0 saturated carbocycles. The molecule has 0 bridgehead atoms. The van der Waals surface area contributed by atoms with Crippen molar-refractivity contribution in [3.63, 3.8) is 0 Å². The molecule has 0 unspecified atom stereocenters. The number of nitrogens with one attached hydrogen (secondary N) is 2. The molecule has 2 N–H and O–H groups in total. The molecular weight excluding hydrogens is 472 g/mol. The van der Waals surface area contributed by atoms with E-state index in [1.54, 1.807) is 13.0 Å². The van der Waals surface area contributed by atoms with Crippen LogP contribution in [-0.4, -0.2) is 24.5 Å². The summed E-state index contributed by atoms with van der Waals surface area (Å²) in [7, 11) is 1.37. The minimum Gasteiger partial charge on any atom is -0.358 e. The topological polar surface area (TPSA) is 54.0 Å². The van der Waals surface area contributed by atoms with Crippen LogP contribution in [0.3, 0.4) is 0 Å². The average Bonchev–Trinajstić information content (AvgIpc) is 2.81. The summed E-state index contributed by atoms with van der Waals surface area (Å²) in [5.41, 5.74) is 0.347. The van der Waals surface area contributed by atoms with E-state index in [0.29, 0.717) is 22.8 Å². The van der Waals surface area contributed by atoms with Crippen LogP contribution >= 0.6 is 0 Å². The third-order valence-electron chi connectivity index (χ3n) is 5.63. The van der Waals surface area contributed by atoms with E-state index in [9.17, 15) is 31.1 Å². The van der Waals surface area contributed by atoms with E-state index < -0.39 is 47.2 Å². The molecule has 0 spiro atoms. The monoisotopic (exact) mass is 495 g/mol. The number of aromatic nitrogens is 1. The first-order valence-electron chi connectivity index (χ1n) is 10.7. The highest BCUT2D eigenvalue weighted by atomic mass is 19.4. The summed E-state index contributed by atoms with van der Waals surface area (Å²) < 4.78 is 80.4. The molecule has 0 radical (unpaired) electrons. The molecule has 0 fully saturated rings. The molecule has 0 aliphatic carbocycles. The fraction of sp³-hybridized carbons (Fsp3) is 0.280. The maximum Gasteiger partial charge on any atom is 0.433 e. The highest BCUT2D eigenvalue weighted by Crippen LogP contribution is 2.32. The summed E-state index contributed by atoms with van der Waals surface area (Å²) in [5, 5.41) is 5.35. The van der Waals surface area contributed by atoms with Crippen LogP contribution in [0.2, 0.25) is 0 Å². The predicted molar refractivity (Wildman–Crippen MR) is 118 cm³/mol. The van der Waals surface area contributed by atoms with Crippen molar-refractivity contribution in [3.8, 4) is 0 Å². The number of hydrogen-bond acceptors (Lipinski definition) is 3. The van der Waals surface area contributed by atoms with Crippen molar-refractivity contribution >= 4 is 5.91 Å². The number of rotatable bonds is 8. The van der Waals surface area contributed by atoms with Crippen molar-refractivity contribution in [2.45, 2.75) is 31.5 Å². The molecule has 4 nitrogen and oxygen atoms in total. The second kappa shape index (κ2) is 10.9. The van der Waals surface area contributed by atoms with Crippen molar-refractivity contribution in [1.29, 1.82) is 0 Å². The molecule has 2 aromatic carbocycles. The minimum atomic E-state index is -4.60. The van der Waals surface area contributed by atoms with Gasteiger partial charge in [0.15, 0.2) is 0 Å². The lowest BCUT2D eigenvalue weighted by Crippen LogP contribution is -2.37. The number of carbonyl (C=O) groups is 1. The number of halogens is 6. The number of alkyl halides is 3. The summed E-state index contributed by atoms with van der Waals surface area (Å²) in [5.74, 6) is -3.17. The molecule has 10 heteroatoms. The van der Waals surface area contributed by atoms with Crippen LogP contribution in [-0.2, 0) is 11.0 Å². The van der Waals surface area contributed by atoms with Crippen LogP contribution in [0.15, 0.2) is 54.7 Å². The van der Waals surface area contributed by atoms with Gasteiger partial charge in [0.1, 0.15) is 29.2 Å². The molecule has 3 aromatic rings. The number of benzene rings is 2. The zero-order valence-corrected chi connectivity index (χ0v) is 18.9. The Morgan fingerprint density at radius 1 is 0.971 bits per heavy atom.